The number of amides is 2. The van der Waals surface area contributed by atoms with Crippen molar-refractivity contribution in [3.63, 3.8) is 0 Å². The Kier molecular flexibility index (Phi) is 9.02. The second-order valence-corrected chi connectivity index (χ2v) is 10.7. The van der Waals surface area contributed by atoms with Gasteiger partial charge in [-0.2, -0.15) is 0 Å². The van der Waals surface area contributed by atoms with Gasteiger partial charge < -0.3 is 24.9 Å². The summed E-state index contributed by atoms with van der Waals surface area (Å²) in [5.74, 6) is -1.72. The molecular weight excluding hydrogens is 586 g/mol. The first-order valence-electron chi connectivity index (χ1n) is 13.6. The molecule has 0 unspecified atom stereocenters. The minimum atomic E-state index is -1.43. The van der Waals surface area contributed by atoms with Crippen molar-refractivity contribution in [3.05, 3.63) is 64.6 Å². The zero-order valence-corrected chi connectivity index (χ0v) is 23.9. The van der Waals surface area contributed by atoms with E-state index in [0.29, 0.717) is 35.4 Å². The Morgan fingerprint density at radius 2 is 2.02 bits per heavy atom. The number of ether oxygens (including phenoxy) is 1. The van der Waals surface area contributed by atoms with Gasteiger partial charge in [-0.25, -0.2) is 14.2 Å². The number of carbonyl (C=O) groups is 4. The highest BCUT2D eigenvalue weighted by molar-refractivity contribution is 6.30. The van der Waals surface area contributed by atoms with Crippen molar-refractivity contribution in [2.45, 2.75) is 51.5 Å². The predicted octanol–water partition coefficient (Wildman–Crippen LogP) is 3.04. The van der Waals surface area contributed by atoms with Gasteiger partial charge >= 0.3 is 5.97 Å². The zero-order valence-electron chi connectivity index (χ0n) is 23.2. The van der Waals surface area contributed by atoms with E-state index in [1.807, 2.05) is 0 Å². The number of aromatic nitrogens is 1. The first kappa shape index (κ1) is 30.1. The normalized spacial score (nSPS) is 18.0. The van der Waals surface area contributed by atoms with Crippen molar-refractivity contribution >= 4 is 51.9 Å². The molecule has 0 spiro atoms. The fourth-order valence-electron chi connectivity index (χ4n) is 5.14. The standard InChI is InChI=1S/C29H29ClF2N6O5/c1-16(39)21-13-37(23-10-19(5-6-20(21)23)43-27(41)8-7-25-34-15-35-36-25)14-26(40)38-12-18(31)9-24(38)29(42)33-11-17-3-2-4-22(30)28(17)32/h2-6,10,13,18,24,35H,7-9,11-12,14-15H2,1H3,(H,33,42)(H,34,36)/t18-,24+/m1/s1. The SMILES string of the molecule is CC(=O)c1cn(CC(=O)N2C[C@H](F)C[C@H]2C(=O)NCc2cccc(Cl)c2F)c2cc(OC(=O)CCC3=NCNN3)ccc12. The Bertz CT molecular complexity index is 1630. The van der Waals surface area contributed by atoms with E-state index in [-0.39, 0.29) is 54.6 Å². The molecule has 5 rings (SSSR count). The highest BCUT2D eigenvalue weighted by Gasteiger charge is 2.39. The van der Waals surface area contributed by atoms with Gasteiger partial charge in [-0.1, -0.05) is 23.7 Å². The minimum absolute atomic E-state index is 0.0799. The van der Waals surface area contributed by atoms with Crippen molar-refractivity contribution in [2.24, 2.45) is 4.99 Å². The number of halogens is 3. The van der Waals surface area contributed by atoms with Crippen LogP contribution in [0.2, 0.25) is 5.02 Å². The van der Waals surface area contributed by atoms with E-state index >= 15 is 0 Å². The number of hydrogen-bond donors (Lipinski definition) is 3. The number of benzene rings is 2. The van der Waals surface area contributed by atoms with Crippen LogP contribution >= 0.6 is 11.6 Å². The summed E-state index contributed by atoms with van der Waals surface area (Å²) in [6.07, 6.45) is 0.314. The number of fused-ring (bicyclic) bond motifs is 1. The number of hydrogen-bond acceptors (Lipinski definition) is 8. The minimum Gasteiger partial charge on any atom is -0.426 e. The number of alkyl halides is 1. The molecule has 43 heavy (non-hydrogen) atoms. The third-order valence-electron chi connectivity index (χ3n) is 7.28. The van der Waals surface area contributed by atoms with Crippen LogP contribution in [-0.4, -0.2) is 64.3 Å². The maximum atomic E-state index is 14.5. The Morgan fingerprint density at radius 1 is 1.21 bits per heavy atom. The van der Waals surface area contributed by atoms with Crippen LogP contribution in [0.25, 0.3) is 10.9 Å². The van der Waals surface area contributed by atoms with Crippen molar-refractivity contribution in [1.29, 1.82) is 0 Å². The maximum absolute atomic E-state index is 14.5. The van der Waals surface area contributed by atoms with Gasteiger partial charge in [-0.15, -0.1) is 0 Å². The monoisotopic (exact) mass is 614 g/mol. The van der Waals surface area contributed by atoms with Gasteiger partial charge in [0.1, 0.15) is 42.8 Å². The number of rotatable bonds is 10. The molecule has 2 amide bonds. The van der Waals surface area contributed by atoms with Crippen LogP contribution in [0, 0.1) is 5.82 Å². The van der Waals surface area contributed by atoms with Gasteiger partial charge in [-0.3, -0.25) is 24.2 Å². The summed E-state index contributed by atoms with van der Waals surface area (Å²) in [6, 6.07) is 8.01. The Hall–Kier alpha value is -4.36. The molecule has 3 N–H and O–H groups in total. The van der Waals surface area contributed by atoms with E-state index in [0.717, 1.165) is 4.90 Å². The lowest BCUT2D eigenvalue weighted by Gasteiger charge is -2.24. The summed E-state index contributed by atoms with van der Waals surface area (Å²) in [5, 5.41) is 3.01. The van der Waals surface area contributed by atoms with Crippen molar-refractivity contribution < 1.29 is 32.7 Å². The van der Waals surface area contributed by atoms with Gasteiger partial charge in [0.2, 0.25) is 11.8 Å². The van der Waals surface area contributed by atoms with Gasteiger partial charge in [0.25, 0.3) is 0 Å². The van der Waals surface area contributed by atoms with Crippen LogP contribution in [0.5, 0.6) is 5.75 Å². The zero-order chi connectivity index (χ0) is 30.7. The van der Waals surface area contributed by atoms with Crippen LogP contribution < -0.4 is 20.9 Å². The number of aliphatic imine (C=N–C) groups is 1. The maximum Gasteiger partial charge on any atom is 0.311 e. The first-order chi connectivity index (χ1) is 20.6. The lowest BCUT2D eigenvalue weighted by Crippen LogP contribution is -2.46. The lowest BCUT2D eigenvalue weighted by atomic mass is 10.1. The van der Waals surface area contributed by atoms with Crippen LogP contribution in [0.3, 0.4) is 0 Å². The Labute approximate surface area is 250 Å². The summed E-state index contributed by atoms with van der Waals surface area (Å²) in [7, 11) is 0. The average molecular weight is 615 g/mol. The molecule has 14 heteroatoms. The first-order valence-corrected chi connectivity index (χ1v) is 14.0. The van der Waals surface area contributed by atoms with Crippen LogP contribution in [0.15, 0.2) is 47.6 Å². The van der Waals surface area contributed by atoms with Crippen LogP contribution in [0.1, 0.15) is 42.1 Å². The van der Waals surface area contributed by atoms with Gasteiger partial charge in [0, 0.05) is 48.2 Å². The van der Waals surface area contributed by atoms with E-state index < -0.39 is 35.8 Å². The number of Topliss-reactive ketones (excluding diaryl/α,β-unsaturated/α-hetero) is 1. The number of ketones is 1. The second-order valence-electron chi connectivity index (χ2n) is 10.3. The quantitative estimate of drug-likeness (QED) is 0.182. The molecule has 2 aliphatic rings. The average Bonchev–Trinajstić information content (AvgIpc) is 3.72. The molecule has 0 radical (unpaired) electrons. The van der Waals surface area contributed by atoms with E-state index in [2.05, 4.69) is 21.2 Å². The Morgan fingerprint density at radius 3 is 2.77 bits per heavy atom. The largest absolute Gasteiger partial charge is 0.426 e. The second kappa shape index (κ2) is 12.9. The number of carbonyl (C=O) groups excluding carboxylic acids is 4. The number of esters is 1. The van der Waals surface area contributed by atoms with E-state index in [4.69, 9.17) is 16.3 Å². The number of likely N-dealkylation sites (tertiary alicyclic amines) is 1. The van der Waals surface area contributed by atoms with Gasteiger partial charge in [-0.05, 0) is 25.1 Å². The van der Waals surface area contributed by atoms with Crippen molar-refractivity contribution in [1.82, 2.24) is 25.6 Å². The smallest absolute Gasteiger partial charge is 0.311 e. The molecule has 2 atom stereocenters. The molecule has 3 heterocycles. The number of nitrogens with one attached hydrogen (secondary N) is 3. The molecule has 3 aromatic rings. The van der Waals surface area contributed by atoms with Crippen LogP contribution in [-0.2, 0) is 27.5 Å². The van der Waals surface area contributed by atoms with Crippen molar-refractivity contribution in [3.8, 4) is 5.75 Å². The van der Waals surface area contributed by atoms with Gasteiger partial charge in [0.05, 0.1) is 23.5 Å². The molecule has 2 aromatic carbocycles. The van der Waals surface area contributed by atoms with E-state index in [1.54, 1.807) is 24.3 Å². The number of nitrogens with zero attached hydrogens (tertiary/aromatic N) is 3. The molecule has 0 saturated carbocycles. The topological polar surface area (TPSA) is 134 Å². The third kappa shape index (κ3) is 6.83. The number of amidine groups is 1. The Balaban J connectivity index is 1.30. The third-order valence-corrected chi connectivity index (χ3v) is 7.57. The molecule has 226 valence electrons. The van der Waals surface area contributed by atoms with E-state index in [9.17, 15) is 28.0 Å². The summed E-state index contributed by atoms with van der Waals surface area (Å²) < 4.78 is 35.7. The molecule has 1 aromatic heterocycles. The molecular formula is C29H29ClF2N6O5. The predicted molar refractivity (Wildman–Crippen MR) is 154 cm³/mol. The summed E-state index contributed by atoms with van der Waals surface area (Å²) in [6.45, 7) is 1.03. The van der Waals surface area contributed by atoms with Crippen molar-refractivity contribution in [2.75, 3.05) is 13.2 Å². The highest BCUT2D eigenvalue weighted by Crippen LogP contribution is 2.28. The molecule has 1 fully saturated rings. The fourth-order valence-corrected chi connectivity index (χ4v) is 5.33. The number of hydrazine groups is 1. The molecule has 2 aliphatic heterocycles. The molecule has 1 saturated heterocycles. The van der Waals surface area contributed by atoms with Crippen LogP contribution in [0.4, 0.5) is 8.78 Å². The summed E-state index contributed by atoms with van der Waals surface area (Å²) in [5.41, 5.74) is 6.62. The molecule has 0 bridgehead atoms. The fraction of sp³-hybridized carbons (Fsp3) is 0.345. The summed E-state index contributed by atoms with van der Waals surface area (Å²) >= 11 is 5.81. The highest BCUT2D eigenvalue weighted by atomic mass is 35.5. The van der Waals surface area contributed by atoms with Gasteiger partial charge in [0.15, 0.2) is 5.78 Å². The lowest BCUT2D eigenvalue weighted by molar-refractivity contribution is -0.139. The molecule has 0 aliphatic carbocycles. The molecule has 11 nitrogen and oxygen atoms in total. The summed E-state index contributed by atoms with van der Waals surface area (Å²) in [4.78, 5) is 56.5. The van der Waals surface area contributed by atoms with E-state index in [1.165, 1.54) is 29.8 Å².